The van der Waals surface area contributed by atoms with Crippen molar-refractivity contribution < 1.29 is 14.4 Å². The molecule has 6 nitrogen and oxygen atoms in total. The molecule has 178 valence electrons. The molecule has 2 aliphatic rings. The van der Waals surface area contributed by atoms with Crippen LogP contribution in [0.2, 0.25) is 10.0 Å². The van der Waals surface area contributed by atoms with Gasteiger partial charge in [0.25, 0.3) is 11.8 Å². The van der Waals surface area contributed by atoms with Crippen molar-refractivity contribution in [3.63, 3.8) is 0 Å². The number of barbiturate groups is 1. The summed E-state index contributed by atoms with van der Waals surface area (Å²) in [5, 5.41) is 2.74. The predicted molar refractivity (Wildman–Crippen MR) is 137 cm³/mol. The molecular formula is C26H27Cl2N3O3. The monoisotopic (exact) mass is 499 g/mol. The van der Waals surface area contributed by atoms with E-state index < -0.39 is 17.8 Å². The topological polar surface area (TPSA) is 69.7 Å². The molecule has 1 atom stereocenters. The number of urea groups is 1. The second-order valence-corrected chi connectivity index (χ2v) is 10.3. The highest BCUT2D eigenvalue weighted by molar-refractivity contribution is 6.43. The maximum atomic E-state index is 13.2. The van der Waals surface area contributed by atoms with E-state index in [9.17, 15) is 14.4 Å². The van der Waals surface area contributed by atoms with Crippen molar-refractivity contribution in [2.24, 2.45) is 0 Å². The first-order valence-electron chi connectivity index (χ1n) is 11.3. The van der Waals surface area contributed by atoms with Crippen LogP contribution in [-0.2, 0) is 9.59 Å². The van der Waals surface area contributed by atoms with Gasteiger partial charge in [-0.3, -0.25) is 14.9 Å². The van der Waals surface area contributed by atoms with Gasteiger partial charge in [-0.25, -0.2) is 9.69 Å². The molecule has 2 aromatic rings. The van der Waals surface area contributed by atoms with E-state index >= 15 is 0 Å². The minimum atomic E-state index is -0.831. The number of amides is 4. The highest BCUT2D eigenvalue weighted by atomic mass is 35.5. The Balaban J connectivity index is 1.72. The molecule has 2 aliphatic heterocycles. The van der Waals surface area contributed by atoms with Crippen molar-refractivity contribution >= 4 is 58.5 Å². The zero-order valence-electron chi connectivity index (χ0n) is 19.6. The van der Waals surface area contributed by atoms with Crippen molar-refractivity contribution in [2.75, 3.05) is 16.3 Å². The summed E-state index contributed by atoms with van der Waals surface area (Å²) >= 11 is 12.0. The van der Waals surface area contributed by atoms with Crippen LogP contribution < -0.4 is 15.1 Å². The zero-order valence-corrected chi connectivity index (χ0v) is 21.1. The number of fused-ring (bicyclic) bond motifs is 1. The number of nitrogens with zero attached hydrogens (tertiary/aromatic N) is 2. The van der Waals surface area contributed by atoms with E-state index in [0.717, 1.165) is 29.8 Å². The lowest BCUT2D eigenvalue weighted by molar-refractivity contribution is -0.122. The minimum absolute atomic E-state index is 0.0440. The van der Waals surface area contributed by atoms with Gasteiger partial charge in [-0.15, -0.1) is 0 Å². The first-order chi connectivity index (χ1) is 16.0. The molecule has 2 aromatic carbocycles. The Morgan fingerprint density at radius 2 is 1.82 bits per heavy atom. The molecule has 0 spiro atoms. The Hall–Kier alpha value is -2.83. The first kappa shape index (κ1) is 24.3. The molecule has 4 rings (SSSR count). The fourth-order valence-electron chi connectivity index (χ4n) is 4.93. The van der Waals surface area contributed by atoms with Gasteiger partial charge in [0.05, 0.1) is 15.7 Å². The molecule has 0 radical (unpaired) electrons. The Kier molecular flexibility index (Phi) is 6.49. The van der Waals surface area contributed by atoms with Gasteiger partial charge in [-0.05, 0) is 80.1 Å². The maximum absolute atomic E-state index is 13.2. The van der Waals surface area contributed by atoms with Crippen LogP contribution in [0.1, 0.15) is 57.6 Å². The van der Waals surface area contributed by atoms with Gasteiger partial charge in [0.1, 0.15) is 5.57 Å². The number of benzene rings is 2. The number of imide groups is 2. The van der Waals surface area contributed by atoms with Crippen LogP contribution in [0.25, 0.3) is 6.08 Å². The molecule has 4 amide bonds. The molecule has 1 saturated heterocycles. The van der Waals surface area contributed by atoms with E-state index in [1.54, 1.807) is 0 Å². The second kappa shape index (κ2) is 9.08. The number of carbonyl (C=O) groups is 3. The fourth-order valence-corrected chi connectivity index (χ4v) is 5.22. The molecule has 8 heteroatoms. The highest BCUT2D eigenvalue weighted by Gasteiger charge is 2.38. The van der Waals surface area contributed by atoms with E-state index in [1.807, 2.05) is 12.1 Å². The van der Waals surface area contributed by atoms with Crippen molar-refractivity contribution in [2.45, 2.75) is 52.0 Å². The maximum Gasteiger partial charge on any atom is 0.335 e. The van der Waals surface area contributed by atoms with Gasteiger partial charge in [0, 0.05) is 17.8 Å². The Morgan fingerprint density at radius 1 is 1.09 bits per heavy atom. The lowest BCUT2D eigenvalue weighted by atomic mass is 9.79. The van der Waals surface area contributed by atoms with Gasteiger partial charge in [0.2, 0.25) is 0 Å². The third-order valence-corrected chi connectivity index (χ3v) is 7.17. The van der Waals surface area contributed by atoms with Crippen LogP contribution in [0.3, 0.4) is 0 Å². The van der Waals surface area contributed by atoms with Crippen LogP contribution in [0.5, 0.6) is 0 Å². The van der Waals surface area contributed by atoms with Crippen molar-refractivity contribution in [1.29, 1.82) is 0 Å². The van der Waals surface area contributed by atoms with Crippen molar-refractivity contribution in [3.8, 4) is 0 Å². The van der Waals surface area contributed by atoms with E-state index in [2.05, 4.69) is 44.0 Å². The largest absolute Gasteiger partial charge is 0.366 e. The van der Waals surface area contributed by atoms with Crippen molar-refractivity contribution in [1.82, 2.24) is 5.32 Å². The third kappa shape index (κ3) is 4.32. The molecule has 34 heavy (non-hydrogen) atoms. The van der Waals surface area contributed by atoms with Crippen LogP contribution in [0, 0.1) is 0 Å². The molecule has 0 bridgehead atoms. The first-order valence-corrected chi connectivity index (χ1v) is 12.1. The van der Waals surface area contributed by atoms with Crippen LogP contribution >= 0.6 is 23.2 Å². The summed E-state index contributed by atoms with van der Waals surface area (Å²) in [7, 11) is 0. The average molecular weight is 500 g/mol. The summed E-state index contributed by atoms with van der Waals surface area (Å²) in [6.07, 6.45) is 3.57. The van der Waals surface area contributed by atoms with Gasteiger partial charge < -0.3 is 4.90 Å². The third-order valence-electron chi connectivity index (χ3n) is 6.43. The quantitative estimate of drug-likeness (QED) is 0.403. The molecular weight excluding hydrogens is 473 g/mol. The van der Waals surface area contributed by atoms with Gasteiger partial charge in [-0.1, -0.05) is 43.1 Å². The lowest BCUT2D eigenvalue weighted by Gasteiger charge is -2.47. The van der Waals surface area contributed by atoms with Crippen LogP contribution in [0.4, 0.5) is 16.2 Å². The number of nitrogens with one attached hydrogen (secondary N) is 1. The number of anilines is 2. The van der Waals surface area contributed by atoms with E-state index in [-0.39, 0.29) is 21.8 Å². The zero-order chi connectivity index (χ0) is 24.8. The molecule has 0 aromatic heterocycles. The van der Waals surface area contributed by atoms with Crippen LogP contribution in [-0.4, -0.2) is 29.9 Å². The Morgan fingerprint density at radius 3 is 2.50 bits per heavy atom. The standard InChI is InChI=1S/C26H27Cl2N3O3/c1-5-10-30-22-9-6-16(11-18(22)15(2)14-26(30,3)4)12-19-23(32)29-25(34)31(24(19)33)17-7-8-20(27)21(28)13-17/h6-9,11-13,15H,5,10,14H2,1-4H3,(H,29,32,34)/b19-12-. The number of halogens is 2. The summed E-state index contributed by atoms with van der Waals surface area (Å²) in [5.74, 6) is -1.13. The highest BCUT2D eigenvalue weighted by Crippen LogP contribution is 2.44. The SMILES string of the molecule is CCCN1c2ccc(/C=C3/C(=O)NC(=O)N(c4ccc(Cl)c(Cl)c4)C3=O)cc2C(C)CC1(C)C. The summed E-state index contributed by atoms with van der Waals surface area (Å²) in [5.41, 5.74) is 3.24. The molecule has 1 fully saturated rings. The summed E-state index contributed by atoms with van der Waals surface area (Å²) in [6, 6.07) is 9.58. The number of hydrogen-bond acceptors (Lipinski definition) is 4. The Bertz CT molecular complexity index is 1220. The molecule has 1 N–H and O–H groups in total. The molecule has 0 saturated carbocycles. The van der Waals surface area contributed by atoms with Gasteiger partial charge in [0.15, 0.2) is 0 Å². The number of hydrogen-bond donors (Lipinski definition) is 1. The Labute approximate surface area is 209 Å². The molecule has 0 aliphatic carbocycles. The number of carbonyl (C=O) groups excluding carboxylic acids is 3. The van der Waals surface area contributed by atoms with Gasteiger partial charge in [-0.2, -0.15) is 0 Å². The predicted octanol–water partition coefficient (Wildman–Crippen LogP) is 6.16. The lowest BCUT2D eigenvalue weighted by Crippen LogP contribution is -2.54. The van der Waals surface area contributed by atoms with Crippen molar-refractivity contribution in [3.05, 3.63) is 63.1 Å². The molecule has 1 unspecified atom stereocenters. The fraction of sp³-hybridized carbons (Fsp3) is 0.346. The van der Waals surface area contributed by atoms with E-state index in [0.29, 0.717) is 10.9 Å². The minimum Gasteiger partial charge on any atom is -0.366 e. The molecule has 2 heterocycles. The average Bonchev–Trinajstić information content (AvgIpc) is 2.76. The summed E-state index contributed by atoms with van der Waals surface area (Å²) in [4.78, 5) is 41.6. The van der Waals surface area contributed by atoms with Crippen LogP contribution in [0.15, 0.2) is 42.0 Å². The van der Waals surface area contributed by atoms with E-state index in [4.69, 9.17) is 23.2 Å². The summed E-state index contributed by atoms with van der Waals surface area (Å²) in [6.45, 7) is 9.84. The van der Waals surface area contributed by atoms with Gasteiger partial charge >= 0.3 is 6.03 Å². The van der Waals surface area contributed by atoms with E-state index in [1.165, 1.54) is 35.5 Å². The smallest absolute Gasteiger partial charge is 0.335 e. The summed E-state index contributed by atoms with van der Waals surface area (Å²) < 4.78 is 0. The normalized spacial score (nSPS) is 21.1. The second-order valence-electron chi connectivity index (χ2n) is 9.44. The number of rotatable bonds is 4.